The zero-order chi connectivity index (χ0) is 12.1. The van der Waals surface area contributed by atoms with Crippen LogP contribution in [-0.2, 0) is 0 Å². The van der Waals surface area contributed by atoms with Gasteiger partial charge in [0.15, 0.2) is 5.82 Å². The first-order valence-corrected chi connectivity index (χ1v) is 5.48. The third-order valence-corrected chi connectivity index (χ3v) is 2.00. The van der Waals surface area contributed by atoms with Crippen LogP contribution in [0.4, 0.5) is 5.95 Å². The van der Waals surface area contributed by atoms with Crippen LogP contribution in [0.25, 0.3) is 11.4 Å². The maximum absolute atomic E-state index is 5.30. The molecule has 0 saturated heterocycles. The summed E-state index contributed by atoms with van der Waals surface area (Å²) in [4.78, 5) is 12.6. The lowest BCUT2D eigenvalue weighted by Gasteiger charge is -2.06. The fourth-order valence-corrected chi connectivity index (χ4v) is 1.31. The van der Waals surface area contributed by atoms with E-state index in [0.29, 0.717) is 24.4 Å². The van der Waals surface area contributed by atoms with Crippen molar-refractivity contribution in [1.29, 1.82) is 0 Å². The van der Waals surface area contributed by atoms with Crippen molar-refractivity contribution >= 4 is 5.95 Å². The Morgan fingerprint density at radius 1 is 1.29 bits per heavy atom. The second-order valence-corrected chi connectivity index (χ2v) is 3.24. The topological polar surface area (TPSA) is 73.1 Å². The number of furan rings is 1. The first kappa shape index (κ1) is 11.4. The Kier molecular flexibility index (Phi) is 3.54. The van der Waals surface area contributed by atoms with Crippen LogP contribution in [0, 0.1) is 0 Å². The Morgan fingerprint density at radius 2 is 2.18 bits per heavy atom. The number of aromatic nitrogens is 3. The van der Waals surface area contributed by atoms with Crippen molar-refractivity contribution in [2.24, 2.45) is 0 Å². The van der Waals surface area contributed by atoms with E-state index in [-0.39, 0.29) is 0 Å². The van der Waals surface area contributed by atoms with Crippen LogP contribution in [0.2, 0.25) is 0 Å². The number of nitrogens with zero attached hydrogens (tertiary/aromatic N) is 3. The quantitative estimate of drug-likeness (QED) is 0.852. The van der Waals surface area contributed by atoms with Gasteiger partial charge >= 0.3 is 6.01 Å². The van der Waals surface area contributed by atoms with Gasteiger partial charge in [-0.15, -0.1) is 0 Å². The summed E-state index contributed by atoms with van der Waals surface area (Å²) in [6, 6.07) is 2.11. The molecule has 2 rings (SSSR count). The van der Waals surface area contributed by atoms with Crippen molar-refractivity contribution in [3.05, 3.63) is 18.6 Å². The molecule has 2 heterocycles. The number of hydrogen-bond donors (Lipinski definition) is 1. The zero-order valence-electron chi connectivity index (χ0n) is 9.80. The Labute approximate surface area is 99.1 Å². The van der Waals surface area contributed by atoms with Crippen molar-refractivity contribution in [2.75, 3.05) is 18.5 Å². The molecule has 2 aromatic heterocycles. The molecule has 90 valence electrons. The van der Waals surface area contributed by atoms with Gasteiger partial charge in [0.1, 0.15) is 6.26 Å². The molecule has 6 nitrogen and oxygen atoms in total. The summed E-state index contributed by atoms with van der Waals surface area (Å²) in [5.74, 6) is 1.04. The van der Waals surface area contributed by atoms with Crippen molar-refractivity contribution in [1.82, 2.24) is 15.0 Å². The third kappa shape index (κ3) is 2.72. The number of rotatable bonds is 5. The Morgan fingerprint density at radius 3 is 2.82 bits per heavy atom. The normalized spacial score (nSPS) is 10.2. The summed E-state index contributed by atoms with van der Waals surface area (Å²) < 4.78 is 10.3. The lowest BCUT2D eigenvalue weighted by atomic mass is 10.3. The van der Waals surface area contributed by atoms with E-state index in [1.807, 2.05) is 13.8 Å². The molecular weight excluding hydrogens is 220 g/mol. The average Bonchev–Trinajstić information content (AvgIpc) is 2.83. The summed E-state index contributed by atoms with van der Waals surface area (Å²) in [7, 11) is 0. The molecule has 0 radical (unpaired) electrons. The van der Waals surface area contributed by atoms with Crippen LogP contribution < -0.4 is 10.1 Å². The third-order valence-electron chi connectivity index (χ3n) is 2.00. The van der Waals surface area contributed by atoms with Crippen LogP contribution >= 0.6 is 0 Å². The van der Waals surface area contributed by atoms with Gasteiger partial charge in [-0.25, -0.2) is 0 Å². The van der Waals surface area contributed by atoms with Gasteiger partial charge in [-0.05, 0) is 19.9 Å². The highest BCUT2D eigenvalue weighted by atomic mass is 16.5. The molecule has 0 bridgehead atoms. The van der Waals surface area contributed by atoms with Gasteiger partial charge in [0.2, 0.25) is 5.95 Å². The second kappa shape index (κ2) is 5.29. The van der Waals surface area contributed by atoms with E-state index in [1.165, 1.54) is 0 Å². The Bertz CT molecular complexity index is 446. The van der Waals surface area contributed by atoms with Gasteiger partial charge in [-0.2, -0.15) is 15.0 Å². The lowest BCUT2D eigenvalue weighted by Crippen LogP contribution is -2.07. The smallest absolute Gasteiger partial charge is 0.321 e. The summed E-state index contributed by atoms with van der Waals surface area (Å²) in [6.07, 6.45) is 3.16. The van der Waals surface area contributed by atoms with Crippen molar-refractivity contribution < 1.29 is 9.15 Å². The molecule has 0 saturated carbocycles. The van der Waals surface area contributed by atoms with Crippen LogP contribution in [0.1, 0.15) is 13.8 Å². The fourth-order valence-electron chi connectivity index (χ4n) is 1.31. The standard InChI is InChI=1S/C11H14N4O2/c1-3-12-10-13-9(8-5-6-16-7-8)14-11(15-10)17-4-2/h5-7H,3-4H2,1-2H3,(H,12,13,14,15). The molecule has 0 spiro atoms. The fraction of sp³-hybridized carbons (Fsp3) is 0.364. The van der Waals surface area contributed by atoms with E-state index in [2.05, 4.69) is 20.3 Å². The maximum Gasteiger partial charge on any atom is 0.321 e. The molecule has 0 atom stereocenters. The van der Waals surface area contributed by atoms with E-state index in [4.69, 9.17) is 9.15 Å². The minimum Gasteiger partial charge on any atom is -0.472 e. The van der Waals surface area contributed by atoms with Gasteiger partial charge in [0.25, 0.3) is 0 Å². The summed E-state index contributed by atoms with van der Waals surface area (Å²) in [6.45, 7) is 5.11. The molecule has 2 aromatic rings. The minimum atomic E-state index is 0.314. The largest absolute Gasteiger partial charge is 0.472 e. The molecule has 0 aliphatic rings. The highest BCUT2D eigenvalue weighted by Gasteiger charge is 2.09. The number of nitrogens with one attached hydrogen (secondary N) is 1. The highest BCUT2D eigenvalue weighted by Crippen LogP contribution is 2.18. The monoisotopic (exact) mass is 234 g/mol. The first-order valence-electron chi connectivity index (χ1n) is 5.48. The van der Waals surface area contributed by atoms with Crippen molar-refractivity contribution in [2.45, 2.75) is 13.8 Å². The van der Waals surface area contributed by atoms with E-state index in [9.17, 15) is 0 Å². The number of hydrogen-bond acceptors (Lipinski definition) is 6. The molecule has 6 heteroatoms. The van der Waals surface area contributed by atoms with Crippen LogP contribution in [0.15, 0.2) is 23.0 Å². The highest BCUT2D eigenvalue weighted by molar-refractivity contribution is 5.54. The van der Waals surface area contributed by atoms with Gasteiger partial charge < -0.3 is 14.5 Å². The first-order chi connectivity index (χ1) is 8.33. The number of anilines is 1. The summed E-state index contributed by atoms with van der Waals surface area (Å²) in [5.41, 5.74) is 0.799. The molecule has 17 heavy (non-hydrogen) atoms. The van der Waals surface area contributed by atoms with Gasteiger partial charge in [-0.1, -0.05) is 0 Å². The summed E-state index contributed by atoms with van der Waals surface area (Å²) >= 11 is 0. The molecule has 0 aromatic carbocycles. The predicted molar refractivity (Wildman–Crippen MR) is 62.9 cm³/mol. The van der Waals surface area contributed by atoms with Gasteiger partial charge in [0.05, 0.1) is 18.4 Å². The SMILES string of the molecule is CCNc1nc(OCC)nc(-c2ccoc2)n1. The van der Waals surface area contributed by atoms with Gasteiger partial charge in [-0.3, -0.25) is 0 Å². The molecule has 0 fully saturated rings. The average molecular weight is 234 g/mol. The molecule has 0 amide bonds. The minimum absolute atomic E-state index is 0.314. The second-order valence-electron chi connectivity index (χ2n) is 3.24. The van der Waals surface area contributed by atoms with E-state index < -0.39 is 0 Å². The van der Waals surface area contributed by atoms with Gasteiger partial charge in [0, 0.05) is 6.54 Å². The maximum atomic E-state index is 5.30. The molecule has 0 unspecified atom stereocenters. The summed E-state index contributed by atoms with van der Waals surface area (Å²) in [5, 5.41) is 3.04. The van der Waals surface area contributed by atoms with E-state index >= 15 is 0 Å². The Hall–Kier alpha value is -2.11. The van der Waals surface area contributed by atoms with E-state index in [0.717, 1.165) is 12.1 Å². The Balaban J connectivity index is 2.37. The van der Waals surface area contributed by atoms with Crippen molar-refractivity contribution in [3.8, 4) is 17.4 Å². The van der Waals surface area contributed by atoms with Crippen LogP contribution in [0.3, 0.4) is 0 Å². The van der Waals surface area contributed by atoms with E-state index in [1.54, 1.807) is 18.6 Å². The zero-order valence-corrected chi connectivity index (χ0v) is 9.80. The molecular formula is C11H14N4O2. The molecule has 1 N–H and O–H groups in total. The van der Waals surface area contributed by atoms with Crippen molar-refractivity contribution in [3.63, 3.8) is 0 Å². The predicted octanol–water partition coefficient (Wildman–Crippen LogP) is 1.96. The van der Waals surface area contributed by atoms with Crippen LogP contribution in [0.5, 0.6) is 6.01 Å². The lowest BCUT2D eigenvalue weighted by molar-refractivity contribution is 0.312. The molecule has 0 aliphatic carbocycles. The molecule has 0 aliphatic heterocycles. The van der Waals surface area contributed by atoms with Crippen LogP contribution in [-0.4, -0.2) is 28.1 Å². The number of ether oxygens (including phenoxy) is 1.